The summed E-state index contributed by atoms with van der Waals surface area (Å²) in [5.74, 6) is 0.900. The monoisotopic (exact) mass is 312 g/mol. The van der Waals surface area contributed by atoms with Crippen LogP contribution in [0.4, 0.5) is 0 Å². The lowest BCUT2D eigenvalue weighted by Gasteiger charge is -2.27. The third-order valence-corrected chi connectivity index (χ3v) is 5.12. The molecule has 2 aromatic carbocycles. The lowest BCUT2D eigenvalue weighted by atomic mass is 10.0. The van der Waals surface area contributed by atoms with Gasteiger partial charge in [-0.15, -0.1) is 11.8 Å². The van der Waals surface area contributed by atoms with Gasteiger partial charge in [0.2, 0.25) is 5.91 Å². The molecule has 4 heteroatoms. The summed E-state index contributed by atoms with van der Waals surface area (Å²) in [5.41, 5.74) is 9.32. The maximum atomic E-state index is 12.5. The van der Waals surface area contributed by atoms with Gasteiger partial charge in [0.05, 0.1) is 6.04 Å². The Hall–Kier alpha value is -1.78. The highest BCUT2D eigenvalue weighted by Gasteiger charge is 2.24. The molecule has 0 aromatic heterocycles. The second-order valence-electron chi connectivity index (χ2n) is 5.62. The van der Waals surface area contributed by atoms with Gasteiger partial charge in [-0.1, -0.05) is 48.0 Å². The van der Waals surface area contributed by atoms with Gasteiger partial charge in [-0.25, -0.2) is 0 Å². The van der Waals surface area contributed by atoms with E-state index in [-0.39, 0.29) is 11.9 Å². The number of hydrogen-bond acceptors (Lipinski definition) is 3. The molecule has 0 saturated carbocycles. The number of nitrogens with two attached hydrogens (primary N) is 1. The highest BCUT2D eigenvalue weighted by molar-refractivity contribution is 7.99. The Kier molecular flexibility index (Phi) is 4.50. The molecule has 0 spiro atoms. The normalized spacial score (nSPS) is 18.4. The number of nitrogens with one attached hydrogen (secondary N) is 1. The molecule has 3 nitrogen and oxygen atoms in total. The fourth-order valence-corrected chi connectivity index (χ4v) is 3.80. The van der Waals surface area contributed by atoms with Gasteiger partial charge in [0.15, 0.2) is 0 Å². The molecule has 1 heterocycles. The van der Waals surface area contributed by atoms with E-state index in [9.17, 15) is 4.79 Å². The predicted octanol–water partition coefficient (Wildman–Crippen LogP) is 3.35. The predicted molar refractivity (Wildman–Crippen MR) is 90.8 cm³/mol. The van der Waals surface area contributed by atoms with Crippen LogP contribution < -0.4 is 11.1 Å². The molecular formula is C18H20N2OS. The van der Waals surface area contributed by atoms with Crippen molar-refractivity contribution in [2.45, 2.75) is 30.3 Å². The van der Waals surface area contributed by atoms with Gasteiger partial charge in [-0.3, -0.25) is 4.79 Å². The molecule has 2 unspecified atom stereocenters. The minimum atomic E-state index is -0.623. The van der Waals surface area contributed by atoms with Crippen molar-refractivity contribution < 1.29 is 4.79 Å². The number of aryl methyl sites for hydroxylation is 1. The number of carbonyl (C=O) groups is 1. The summed E-state index contributed by atoms with van der Waals surface area (Å²) >= 11 is 1.84. The van der Waals surface area contributed by atoms with Crippen molar-refractivity contribution in [2.24, 2.45) is 5.73 Å². The minimum Gasteiger partial charge on any atom is -0.348 e. The summed E-state index contributed by atoms with van der Waals surface area (Å²) < 4.78 is 0. The number of fused-ring (bicyclic) bond motifs is 1. The molecule has 22 heavy (non-hydrogen) atoms. The van der Waals surface area contributed by atoms with Crippen LogP contribution in [0.3, 0.4) is 0 Å². The zero-order valence-electron chi connectivity index (χ0n) is 12.6. The summed E-state index contributed by atoms with van der Waals surface area (Å²) in [4.78, 5) is 13.7. The Morgan fingerprint density at radius 3 is 2.73 bits per heavy atom. The minimum absolute atomic E-state index is 0.0569. The third kappa shape index (κ3) is 3.18. The smallest absolute Gasteiger partial charge is 0.241 e. The van der Waals surface area contributed by atoms with Crippen molar-refractivity contribution in [1.82, 2.24) is 5.32 Å². The van der Waals surface area contributed by atoms with E-state index in [4.69, 9.17) is 5.73 Å². The van der Waals surface area contributed by atoms with Gasteiger partial charge in [0, 0.05) is 10.6 Å². The van der Waals surface area contributed by atoms with Crippen LogP contribution in [0.2, 0.25) is 0 Å². The van der Waals surface area contributed by atoms with Crippen molar-refractivity contribution in [3.8, 4) is 0 Å². The number of hydrogen-bond donors (Lipinski definition) is 2. The maximum Gasteiger partial charge on any atom is 0.241 e. The van der Waals surface area contributed by atoms with E-state index in [1.165, 1.54) is 10.5 Å². The standard InChI is InChI=1S/C18H20N2OS/c1-12-6-8-13(9-7-12)17(19)18(21)20-15-10-11-22-16-5-3-2-4-14(15)16/h2-9,15,17H,10-11,19H2,1H3,(H,20,21). The molecule has 0 radical (unpaired) electrons. The van der Waals surface area contributed by atoms with Gasteiger partial charge in [-0.2, -0.15) is 0 Å². The van der Waals surface area contributed by atoms with Crippen LogP contribution in [0.5, 0.6) is 0 Å². The largest absolute Gasteiger partial charge is 0.348 e. The number of rotatable bonds is 3. The first-order valence-corrected chi connectivity index (χ1v) is 8.48. The van der Waals surface area contributed by atoms with Gasteiger partial charge in [0.1, 0.15) is 6.04 Å². The van der Waals surface area contributed by atoms with Crippen molar-refractivity contribution in [3.05, 3.63) is 65.2 Å². The first-order chi connectivity index (χ1) is 10.6. The summed E-state index contributed by atoms with van der Waals surface area (Å²) in [6, 6.07) is 15.5. The molecule has 3 N–H and O–H groups in total. The van der Waals surface area contributed by atoms with Crippen LogP contribution in [0.25, 0.3) is 0 Å². The summed E-state index contributed by atoms with van der Waals surface area (Å²) in [5, 5.41) is 3.11. The molecule has 1 aliphatic rings. The molecule has 3 rings (SSSR count). The van der Waals surface area contributed by atoms with Crippen molar-refractivity contribution >= 4 is 17.7 Å². The molecule has 0 fully saturated rings. The van der Waals surface area contributed by atoms with E-state index in [1.807, 2.05) is 55.1 Å². The second-order valence-corrected chi connectivity index (χ2v) is 6.76. The number of carbonyl (C=O) groups excluding carboxylic acids is 1. The van der Waals surface area contributed by atoms with Crippen LogP contribution in [-0.4, -0.2) is 11.7 Å². The highest BCUT2D eigenvalue weighted by atomic mass is 32.2. The number of amides is 1. The lowest BCUT2D eigenvalue weighted by molar-refractivity contribution is -0.123. The topological polar surface area (TPSA) is 55.1 Å². The quantitative estimate of drug-likeness (QED) is 0.914. The van der Waals surface area contributed by atoms with E-state index in [1.54, 1.807) is 0 Å². The zero-order valence-corrected chi connectivity index (χ0v) is 13.4. The molecule has 0 saturated heterocycles. The Balaban J connectivity index is 1.73. The lowest BCUT2D eigenvalue weighted by Crippen LogP contribution is -2.37. The Morgan fingerprint density at radius 2 is 1.95 bits per heavy atom. The van der Waals surface area contributed by atoms with Crippen LogP contribution in [0, 0.1) is 6.92 Å². The van der Waals surface area contributed by atoms with Gasteiger partial charge in [0.25, 0.3) is 0 Å². The molecule has 2 aromatic rings. The molecule has 1 aliphatic heterocycles. The van der Waals surface area contributed by atoms with E-state index < -0.39 is 6.04 Å². The molecule has 114 valence electrons. The summed E-state index contributed by atoms with van der Waals surface area (Å²) in [7, 11) is 0. The average Bonchev–Trinajstić information content (AvgIpc) is 2.55. The van der Waals surface area contributed by atoms with E-state index in [0.717, 1.165) is 23.3 Å². The van der Waals surface area contributed by atoms with Crippen LogP contribution >= 0.6 is 11.8 Å². The summed E-state index contributed by atoms with van der Waals surface area (Å²) in [6.07, 6.45) is 0.939. The Labute approximate surface area is 135 Å². The third-order valence-electron chi connectivity index (χ3n) is 3.99. The Bertz CT molecular complexity index is 669. The first kappa shape index (κ1) is 15.1. The number of benzene rings is 2. The van der Waals surface area contributed by atoms with Crippen molar-refractivity contribution in [2.75, 3.05) is 5.75 Å². The Morgan fingerprint density at radius 1 is 1.23 bits per heavy atom. The molecule has 1 amide bonds. The van der Waals surface area contributed by atoms with Crippen molar-refractivity contribution in [3.63, 3.8) is 0 Å². The van der Waals surface area contributed by atoms with Gasteiger partial charge < -0.3 is 11.1 Å². The molecule has 0 bridgehead atoms. The maximum absolute atomic E-state index is 12.5. The van der Waals surface area contributed by atoms with Gasteiger partial charge in [-0.05, 0) is 30.5 Å². The van der Waals surface area contributed by atoms with Gasteiger partial charge >= 0.3 is 0 Å². The van der Waals surface area contributed by atoms with Crippen LogP contribution in [0.1, 0.15) is 35.2 Å². The van der Waals surface area contributed by atoms with E-state index in [2.05, 4.69) is 17.4 Å². The SMILES string of the molecule is Cc1ccc(C(N)C(=O)NC2CCSc3ccccc32)cc1. The van der Waals surface area contributed by atoms with E-state index >= 15 is 0 Å². The summed E-state index contributed by atoms with van der Waals surface area (Å²) in [6.45, 7) is 2.02. The average molecular weight is 312 g/mol. The number of thioether (sulfide) groups is 1. The fourth-order valence-electron chi connectivity index (χ4n) is 2.68. The zero-order chi connectivity index (χ0) is 15.5. The van der Waals surface area contributed by atoms with E-state index in [0.29, 0.717) is 0 Å². The van der Waals surface area contributed by atoms with Crippen LogP contribution in [-0.2, 0) is 4.79 Å². The first-order valence-electron chi connectivity index (χ1n) is 7.49. The van der Waals surface area contributed by atoms with Crippen molar-refractivity contribution in [1.29, 1.82) is 0 Å². The molecule has 2 atom stereocenters. The second kappa shape index (κ2) is 6.55. The molecule has 0 aliphatic carbocycles. The fraction of sp³-hybridized carbons (Fsp3) is 0.278. The van der Waals surface area contributed by atoms with Crippen LogP contribution in [0.15, 0.2) is 53.4 Å². The molecular weight excluding hydrogens is 292 g/mol. The highest BCUT2D eigenvalue weighted by Crippen LogP contribution is 2.36.